The minimum absolute atomic E-state index is 0.0374. The number of pyridine rings is 1. The van der Waals surface area contributed by atoms with Gasteiger partial charge in [-0.1, -0.05) is 6.07 Å². The number of nitrogens with zero attached hydrogens (tertiary/aromatic N) is 2. The maximum absolute atomic E-state index is 11.9. The van der Waals surface area contributed by atoms with E-state index in [-0.39, 0.29) is 16.9 Å². The fraction of sp³-hybridized carbons (Fsp3) is 0.143. The molecule has 0 aliphatic rings. The topological polar surface area (TPSA) is 75.2 Å². The summed E-state index contributed by atoms with van der Waals surface area (Å²) in [5.74, 6) is 0.302. The number of hydrogen-bond acceptors (Lipinski definition) is 4. The molecule has 2 rings (SSSR count). The number of nitriles is 1. The van der Waals surface area contributed by atoms with E-state index in [1.54, 1.807) is 31.4 Å². The van der Waals surface area contributed by atoms with Gasteiger partial charge in [0.1, 0.15) is 11.6 Å². The van der Waals surface area contributed by atoms with Crippen LogP contribution in [0.3, 0.4) is 0 Å². The molecule has 1 aromatic heterocycles. The highest BCUT2D eigenvalue weighted by Gasteiger charge is 2.12. The molecule has 1 aromatic carbocycles. The van der Waals surface area contributed by atoms with Gasteiger partial charge in [-0.05, 0) is 23.8 Å². The number of ether oxygens (including phenoxy) is 1. The second kappa shape index (κ2) is 4.86. The first-order valence-corrected chi connectivity index (χ1v) is 5.55. The molecule has 0 fully saturated rings. The third-order valence-electron chi connectivity index (χ3n) is 2.87. The molecule has 5 nitrogen and oxygen atoms in total. The predicted octanol–water partition coefficient (Wildman–Crippen LogP) is 1.64. The molecule has 2 aromatic rings. The lowest BCUT2D eigenvalue weighted by molar-refractivity contribution is 0.373. The molecule has 1 heterocycles. The van der Waals surface area contributed by atoms with Gasteiger partial charge in [-0.25, -0.2) is 0 Å². The van der Waals surface area contributed by atoms with Crippen LogP contribution in [0.1, 0.15) is 5.56 Å². The molecular weight excluding hydrogens is 244 g/mol. The summed E-state index contributed by atoms with van der Waals surface area (Å²) >= 11 is 0. The Hall–Kier alpha value is -2.74. The Morgan fingerprint density at radius 2 is 2.11 bits per heavy atom. The van der Waals surface area contributed by atoms with Gasteiger partial charge in [0.25, 0.3) is 5.56 Å². The maximum atomic E-state index is 11.9. The molecular formula is C14H12N2O3. The normalized spacial score (nSPS) is 9.95. The van der Waals surface area contributed by atoms with Crippen LogP contribution in [0.5, 0.6) is 11.5 Å². The van der Waals surface area contributed by atoms with Crippen LogP contribution in [0.15, 0.2) is 35.3 Å². The van der Waals surface area contributed by atoms with Crippen molar-refractivity contribution in [2.24, 2.45) is 7.05 Å². The van der Waals surface area contributed by atoms with Gasteiger partial charge in [0.05, 0.1) is 7.11 Å². The summed E-state index contributed by atoms with van der Waals surface area (Å²) in [6.45, 7) is 0. The number of phenols is 1. The Morgan fingerprint density at radius 3 is 2.68 bits per heavy atom. The summed E-state index contributed by atoms with van der Waals surface area (Å²) in [6.07, 6.45) is 1.58. The predicted molar refractivity (Wildman–Crippen MR) is 70.1 cm³/mol. The number of aromatic nitrogens is 1. The first kappa shape index (κ1) is 12.7. The molecule has 0 unspecified atom stereocenters. The van der Waals surface area contributed by atoms with E-state index in [1.807, 2.05) is 6.07 Å². The summed E-state index contributed by atoms with van der Waals surface area (Å²) in [7, 11) is 3.03. The van der Waals surface area contributed by atoms with Gasteiger partial charge in [-0.3, -0.25) is 4.79 Å². The average molecular weight is 256 g/mol. The number of phenolic OH excluding ortho intramolecular Hbond substituents is 1. The lowest BCUT2D eigenvalue weighted by atomic mass is 10.0. The second-order valence-electron chi connectivity index (χ2n) is 4.02. The van der Waals surface area contributed by atoms with Gasteiger partial charge in [0, 0.05) is 18.8 Å². The third-order valence-corrected chi connectivity index (χ3v) is 2.87. The van der Waals surface area contributed by atoms with Crippen molar-refractivity contribution in [3.63, 3.8) is 0 Å². The molecule has 0 amide bonds. The van der Waals surface area contributed by atoms with Crippen LogP contribution < -0.4 is 10.3 Å². The first-order valence-electron chi connectivity index (χ1n) is 5.55. The fourth-order valence-electron chi connectivity index (χ4n) is 1.84. The third kappa shape index (κ3) is 2.16. The quantitative estimate of drug-likeness (QED) is 0.886. The Kier molecular flexibility index (Phi) is 3.25. The largest absolute Gasteiger partial charge is 0.504 e. The minimum atomic E-state index is -0.365. The Balaban J connectivity index is 2.67. The average Bonchev–Trinajstić information content (AvgIpc) is 2.41. The van der Waals surface area contributed by atoms with Crippen molar-refractivity contribution >= 4 is 0 Å². The van der Waals surface area contributed by atoms with Crippen molar-refractivity contribution < 1.29 is 9.84 Å². The van der Waals surface area contributed by atoms with E-state index < -0.39 is 0 Å². The van der Waals surface area contributed by atoms with Gasteiger partial charge in [0.15, 0.2) is 11.5 Å². The first-order chi connectivity index (χ1) is 9.08. The molecule has 96 valence electrons. The van der Waals surface area contributed by atoms with Crippen LogP contribution in [0.25, 0.3) is 11.1 Å². The number of methoxy groups -OCH3 is 1. The molecule has 0 aliphatic carbocycles. The summed E-state index contributed by atoms with van der Waals surface area (Å²) in [5.41, 5.74) is 0.765. The van der Waals surface area contributed by atoms with Crippen LogP contribution in [0.4, 0.5) is 0 Å². The van der Waals surface area contributed by atoms with Gasteiger partial charge in [-0.2, -0.15) is 5.26 Å². The highest BCUT2D eigenvalue weighted by atomic mass is 16.5. The summed E-state index contributed by atoms with van der Waals surface area (Å²) in [4.78, 5) is 11.9. The van der Waals surface area contributed by atoms with Crippen LogP contribution >= 0.6 is 0 Å². The SMILES string of the molecule is COc1ccc(-c2ccn(C)c(=O)c2C#N)cc1O. The van der Waals surface area contributed by atoms with E-state index in [9.17, 15) is 9.90 Å². The standard InChI is InChI=1S/C14H12N2O3/c1-16-6-5-10(11(8-15)14(16)18)9-3-4-13(19-2)12(17)7-9/h3-7,17H,1-2H3. The molecule has 0 radical (unpaired) electrons. The molecule has 5 heteroatoms. The Morgan fingerprint density at radius 1 is 1.37 bits per heavy atom. The molecule has 0 aliphatic heterocycles. The molecule has 0 saturated heterocycles. The van der Waals surface area contributed by atoms with Crippen molar-refractivity contribution in [3.05, 3.63) is 46.4 Å². The molecule has 0 bridgehead atoms. The van der Waals surface area contributed by atoms with Crippen LogP contribution in [-0.4, -0.2) is 16.8 Å². The number of aryl methyl sites for hydroxylation is 1. The van der Waals surface area contributed by atoms with Gasteiger partial charge < -0.3 is 14.4 Å². The molecule has 1 N–H and O–H groups in total. The zero-order valence-electron chi connectivity index (χ0n) is 10.5. The van der Waals surface area contributed by atoms with Crippen molar-refractivity contribution in [1.82, 2.24) is 4.57 Å². The molecule has 0 atom stereocenters. The van der Waals surface area contributed by atoms with E-state index in [0.29, 0.717) is 16.9 Å². The van der Waals surface area contributed by atoms with Crippen molar-refractivity contribution in [2.75, 3.05) is 7.11 Å². The lowest BCUT2D eigenvalue weighted by Crippen LogP contribution is -2.19. The van der Waals surface area contributed by atoms with E-state index in [1.165, 1.54) is 17.7 Å². The maximum Gasteiger partial charge on any atom is 0.268 e. The second-order valence-corrected chi connectivity index (χ2v) is 4.02. The smallest absolute Gasteiger partial charge is 0.268 e. The molecule has 19 heavy (non-hydrogen) atoms. The van der Waals surface area contributed by atoms with E-state index in [2.05, 4.69) is 0 Å². The highest BCUT2D eigenvalue weighted by molar-refractivity contribution is 5.72. The summed E-state index contributed by atoms with van der Waals surface area (Å²) in [5, 5.41) is 18.9. The van der Waals surface area contributed by atoms with Crippen LogP contribution in [0.2, 0.25) is 0 Å². The molecule has 0 saturated carbocycles. The van der Waals surface area contributed by atoms with Crippen molar-refractivity contribution in [3.8, 4) is 28.7 Å². The van der Waals surface area contributed by atoms with Crippen molar-refractivity contribution in [1.29, 1.82) is 5.26 Å². The number of rotatable bonds is 2. The van der Waals surface area contributed by atoms with Gasteiger partial charge in [-0.15, -0.1) is 0 Å². The van der Waals surface area contributed by atoms with E-state index in [4.69, 9.17) is 10.00 Å². The number of benzene rings is 1. The van der Waals surface area contributed by atoms with E-state index in [0.717, 1.165) is 0 Å². The lowest BCUT2D eigenvalue weighted by Gasteiger charge is -2.08. The van der Waals surface area contributed by atoms with E-state index >= 15 is 0 Å². The van der Waals surface area contributed by atoms with Crippen LogP contribution in [-0.2, 0) is 7.05 Å². The molecule has 0 spiro atoms. The van der Waals surface area contributed by atoms with Crippen LogP contribution in [0, 0.1) is 11.3 Å². The summed E-state index contributed by atoms with van der Waals surface area (Å²) in [6, 6.07) is 8.31. The Labute approximate surface area is 109 Å². The number of aromatic hydroxyl groups is 1. The van der Waals surface area contributed by atoms with Gasteiger partial charge >= 0.3 is 0 Å². The summed E-state index contributed by atoms with van der Waals surface area (Å²) < 4.78 is 6.29. The zero-order chi connectivity index (χ0) is 14.0. The van der Waals surface area contributed by atoms with Crippen molar-refractivity contribution in [2.45, 2.75) is 0 Å². The van der Waals surface area contributed by atoms with Gasteiger partial charge in [0.2, 0.25) is 0 Å². The zero-order valence-corrected chi connectivity index (χ0v) is 10.5. The fourth-order valence-corrected chi connectivity index (χ4v) is 1.84. The monoisotopic (exact) mass is 256 g/mol. The minimum Gasteiger partial charge on any atom is -0.504 e. The highest BCUT2D eigenvalue weighted by Crippen LogP contribution is 2.31. The number of hydrogen-bond donors (Lipinski definition) is 1. The Bertz CT molecular complexity index is 726.